The highest BCUT2D eigenvalue weighted by molar-refractivity contribution is 6.06. The monoisotopic (exact) mass is 390 g/mol. The summed E-state index contributed by atoms with van der Waals surface area (Å²) in [6, 6.07) is 17.0. The van der Waals surface area contributed by atoms with Crippen LogP contribution in [0, 0.1) is 0 Å². The van der Waals surface area contributed by atoms with Crippen molar-refractivity contribution >= 4 is 16.8 Å². The van der Waals surface area contributed by atoms with Crippen LogP contribution >= 0.6 is 0 Å². The van der Waals surface area contributed by atoms with Crippen LogP contribution in [0.1, 0.15) is 41.6 Å². The van der Waals surface area contributed by atoms with E-state index in [0.717, 1.165) is 47.9 Å². The van der Waals surface area contributed by atoms with Crippen LogP contribution in [0.2, 0.25) is 0 Å². The zero-order valence-corrected chi connectivity index (χ0v) is 16.9. The summed E-state index contributed by atoms with van der Waals surface area (Å²) >= 11 is 0. The number of amides is 1. The molecule has 1 amide bonds. The molecular weight excluding hydrogens is 364 g/mol. The molecule has 0 bridgehead atoms. The number of rotatable bonds is 5. The van der Waals surface area contributed by atoms with E-state index in [1.54, 1.807) is 18.7 Å². The Labute approximate surface area is 170 Å². The van der Waals surface area contributed by atoms with Crippen LogP contribution in [-0.4, -0.2) is 24.1 Å². The average molecular weight is 390 g/mol. The summed E-state index contributed by atoms with van der Waals surface area (Å²) in [7, 11) is 3.41. The Morgan fingerprint density at radius 3 is 2.55 bits per heavy atom. The molecule has 0 atom stereocenters. The number of fused-ring (bicyclic) bond motifs is 1. The van der Waals surface area contributed by atoms with Crippen molar-refractivity contribution in [2.75, 3.05) is 13.7 Å². The second-order valence-corrected chi connectivity index (χ2v) is 7.84. The first-order valence-electron chi connectivity index (χ1n) is 10.1. The minimum absolute atomic E-state index is 0.141. The maximum atomic E-state index is 13.1. The molecule has 1 fully saturated rings. The minimum atomic E-state index is -0.208. The third-order valence-electron chi connectivity index (χ3n) is 6.22. The summed E-state index contributed by atoms with van der Waals surface area (Å²) in [4.78, 5) is 25.5. The topological polar surface area (TPSA) is 60.3 Å². The number of ether oxygens (including phenoxy) is 1. The van der Waals surface area contributed by atoms with Gasteiger partial charge in [-0.05, 0) is 25.0 Å². The lowest BCUT2D eigenvalue weighted by Crippen LogP contribution is -2.39. The zero-order valence-electron chi connectivity index (χ0n) is 16.9. The second-order valence-electron chi connectivity index (χ2n) is 7.84. The van der Waals surface area contributed by atoms with Crippen molar-refractivity contribution in [3.63, 3.8) is 0 Å². The molecule has 5 heteroatoms. The van der Waals surface area contributed by atoms with Gasteiger partial charge in [-0.1, -0.05) is 49.2 Å². The van der Waals surface area contributed by atoms with Gasteiger partial charge in [0.1, 0.15) is 5.75 Å². The van der Waals surface area contributed by atoms with Gasteiger partial charge in [-0.25, -0.2) is 0 Å². The fourth-order valence-electron chi connectivity index (χ4n) is 4.62. The average Bonchev–Trinajstić information content (AvgIpc) is 3.24. The summed E-state index contributed by atoms with van der Waals surface area (Å²) < 4.78 is 7.17. The molecule has 4 rings (SSSR count). The molecule has 150 valence electrons. The Kier molecular flexibility index (Phi) is 5.14. The van der Waals surface area contributed by atoms with Crippen molar-refractivity contribution in [1.29, 1.82) is 0 Å². The van der Waals surface area contributed by atoms with Crippen molar-refractivity contribution in [1.82, 2.24) is 9.88 Å². The number of pyridine rings is 1. The number of carbonyl (C=O) groups is 1. The smallest absolute Gasteiger partial charge is 0.252 e. The fraction of sp³-hybridized carbons (Fsp3) is 0.333. The highest BCUT2D eigenvalue weighted by Crippen LogP contribution is 2.44. The molecule has 1 aromatic heterocycles. The largest absolute Gasteiger partial charge is 0.496 e. The Morgan fingerprint density at radius 2 is 1.79 bits per heavy atom. The van der Waals surface area contributed by atoms with Gasteiger partial charge in [0.15, 0.2) is 0 Å². The van der Waals surface area contributed by atoms with Crippen LogP contribution in [0.15, 0.2) is 59.4 Å². The van der Waals surface area contributed by atoms with Gasteiger partial charge in [0.25, 0.3) is 11.5 Å². The number of benzene rings is 2. The molecule has 0 spiro atoms. The highest BCUT2D eigenvalue weighted by Gasteiger charge is 2.38. The lowest BCUT2D eigenvalue weighted by atomic mass is 9.78. The predicted molar refractivity (Wildman–Crippen MR) is 115 cm³/mol. The van der Waals surface area contributed by atoms with E-state index in [1.807, 2.05) is 42.5 Å². The first-order chi connectivity index (χ1) is 14.1. The normalized spacial score (nSPS) is 15.4. The van der Waals surface area contributed by atoms with Crippen LogP contribution in [0.4, 0.5) is 0 Å². The van der Waals surface area contributed by atoms with Crippen molar-refractivity contribution in [2.24, 2.45) is 7.05 Å². The molecule has 1 heterocycles. The molecule has 1 saturated carbocycles. The van der Waals surface area contributed by atoms with E-state index in [1.165, 1.54) is 6.07 Å². The molecule has 2 aromatic carbocycles. The van der Waals surface area contributed by atoms with Gasteiger partial charge in [0.2, 0.25) is 0 Å². The standard InChI is InChI=1S/C24H26N2O3/c1-26-20-11-5-3-9-17(20)18(15-22(26)27)23(28)25-16-24(13-7-8-14-24)19-10-4-6-12-21(19)29-2/h3-6,9-12,15H,7-8,13-14,16H2,1-2H3,(H,25,28). The van der Waals surface area contributed by atoms with Gasteiger partial charge in [-0.15, -0.1) is 0 Å². The number of hydrogen-bond donors (Lipinski definition) is 1. The van der Waals surface area contributed by atoms with Gasteiger partial charge in [0.05, 0.1) is 18.2 Å². The SMILES string of the molecule is COc1ccccc1C1(CNC(=O)c2cc(=O)n(C)c3ccccc23)CCCC1. The molecule has 1 aliphatic rings. The van der Waals surface area contributed by atoms with E-state index in [2.05, 4.69) is 11.4 Å². The number of para-hydroxylation sites is 2. The van der Waals surface area contributed by atoms with Gasteiger partial charge in [-0.2, -0.15) is 0 Å². The molecule has 0 saturated heterocycles. The summed E-state index contributed by atoms with van der Waals surface area (Å²) in [5, 5.41) is 3.91. The molecular formula is C24H26N2O3. The molecule has 29 heavy (non-hydrogen) atoms. The van der Waals surface area contributed by atoms with Crippen LogP contribution < -0.4 is 15.6 Å². The van der Waals surface area contributed by atoms with E-state index >= 15 is 0 Å². The van der Waals surface area contributed by atoms with E-state index in [-0.39, 0.29) is 16.9 Å². The summed E-state index contributed by atoms with van der Waals surface area (Å²) in [5.74, 6) is 0.655. The van der Waals surface area contributed by atoms with Gasteiger partial charge in [0, 0.05) is 36.0 Å². The lowest BCUT2D eigenvalue weighted by Gasteiger charge is -2.31. The first kappa shape index (κ1) is 19.2. The zero-order chi connectivity index (χ0) is 20.4. The van der Waals surface area contributed by atoms with Crippen LogP contribution in [-0.2, 0) is 12.5 Å². The van der Waals surface area contributed by atoms with E-state index in [4.69, 9.17) is 4.74 Å². The third kappa shape index (κ3) is 3.41. The predicted octanol–water partition coefficient (Wildman–Crippen LogP) is 3.79. The fourth-order valence-corrected chi connectivity index (χ4v) is 4.62. The van der Waals surface area contributed by atoms with Gasteiger partial charge >= 0.3 is 0 Å². The maximum Gasteiger partial charge on any atom is 0.252 e. The van der Waals surface area contributed by atoms with Crippen molar-refractivity contribution in [2.45, 2.75) is 31.1 Å². The second kappa shape index (κ2) is 7.74. The summed E-state index contributed by atoms with van der Waals surface area (Å²) in [5.41, 5.74) is 2.00. The number of nitrogens with one attached hydrogen (secondary N) is 1. The maximum absolute atomic E-state index is 13.1. The molecule has 5 nitrogen and oxygen atoms in total. The molecule has 0 unspecified atom stereocenters. The number of hydrogen-bond acceptors (Lipinski definition) is 3. The van der Waals surface area contributed by atoms with Crippen LogP contribution in [0.3, 0.4) is 0 Å². The Morgan fingerprint density at radius 1 is 1.10 bits per heavy atom. The third-order valence-corrected chi connectivity index (χ3v) is 6.22. The number of nitrogens with zero attached hydrogens (tertiary/aromatic N) is 1. The van der Waals surface area contributed by atoms with Crippen molar-refractivity contribution < 1.29 is 9.53 Å². The Bertz CT molecular complexity index is 1110. The van der Waals surface area contributed by atoms with E-state index in [9.17, 15) is 9.59 Å². The van der Waals surface area contributed by atoms with Gasteiger partial charge < -0.3 is 14.6 Å². The van der Waals surface area contributed by atoms with Gasteiger partial charge in [-0.3, -0.25) is 9.59 Å². The molecule has 0 radical (unpaired) electrons. The Hall–Kier alpha value is -3.08. The quantitative estimate of drug-likeness (QED) is 0.721. The van der Waals surface area contributed by atoms with E-state index < -0.39 is 0 Å². The molecule has 3 aromatic rings. The number of methoxy groups -OCH3 is 1. The van der Waals surface area contributed by atoms with Crippen LogP contribution in [0.25, 0.3) is 10.9 Å². The lowest BCUT2D eigenvalue weighted by molar-refractivity contribution is 0.0944. The number of aryl methyl sites for hydroxylation is 1. The van der Waals surface area contributed by atoms with Crippen molar-refractivity contribution in [3.8, 4) is 5.75 Å². The summed E-state index contributed by atoms with van der Waals surface area (Å²) in [6.45, 7) is 0.524. The minimum Gasteiger partial charge on any atom is -0.496 e. The highest BCUT2D eigenvalue weighted by atomic mass is 16.5. The summed E-state index contributed by atoms with van der Waals surface area (Å²) in [6.07, 6.45) is 4.27. The molecule has 0 aliphatic heterocycles. The van der Waals surface area contributed by atoms with Crippen molar-refractivity contribution in [3.05, 3.63) is 76.1 Å². The van der Waals surface area contributed by atoms with Crippen LogP contribution in [0.5, 0.6) is 5.75 Å². The van der Waals surface area contributed by atoms with E-state index in [0.29, 0.717) is 12.1 Å². The Balaban J connectivity index is 1.66. The molecule has 1 N–H and O–H groups in total. The number of aromatic nitrogens is 1. The first-order valence-corrected chi connectivity index (χ1v) is 10.1. The molecule has 1 aliphatic carbocycles. The number of carbonyl (C=O) groups excluding carboxylic acids is 1.